The monoisotopic (exact) mass is 355 g/mol. The van der Waals surface area contributed by atoms with E-state index in [0.29, 0.717) is 19.6 Å². The molecule has 26 heavy (non-hydrogen) atoms. The van der Waals surface area contributed by atoms with Gasteiger partial charge in [-0.05, 0) is 37.8 Å². The van der Waals surface area contributed by atoms with Gasteiger partial charge in [-0.2, -0.15) is 0 Å². The van der Waals surface area contributed by atoms with E-state index in [9.17, 15) is 9.59 Å². The second kappa shape index (κ2) is 8.99. The summed E-state index contributed by atoms with van der Waals surface area (Å²) >= 11 is 0. The predicted octanol–water partition coefficient (Wildman–Crippen LogP) is 2.16. The molecule has 0 N–H and O–H groups in total. The Kier molecular flexibility index (Phi) is 6.45. The summed E-state index contributed by atoms with van der Waals surface area (Å²) in [5, 5.41) is 0. The highest BCUT2D eigenvalue weighted by atomic mass is 16.2. The summed E-state index contributed by atoms with van der Waals surface area (Å²) < 4.78 is 0. The Balaban J connectivity index is 1.44. The molecule has 140 valence electrons. The van der Waals surface area contributed by atoms with Crippen molar-refractivity contribution in [1.82, 2.24) is 14.7 Å². The van der Waals surface area contributed by atoms with Gasteiger partial charge in [-0.1, -0.05) is 29.8 Å². The molecule has 0 unspecified atom stereocenters. The number of carbonyl (C=O) groups excluding carboxylic acids is 2. The molecule has 5 heteroatoms. The average Bonchev–Trinajstić information content (AvgIpc) is 2.67. The van der Waals surface area contributed by atoms with Crippen LogP contribution < -0.4 is 0 Å². The van der Waals surface area contributed by atoms with Gasteiger partial charge in [0.15, 0.2) is 0 Å². The predicted molar refractivity (Wildman–Crippen MR) is 104 cm³/mol. The minimum Gasteiger partial charge on any atom is -0.342 e. The van der Waals surface area contributed by atoms with Crippen LogP contribution in [-0.4, -0.2) is 72.3 Å². The fourth-order valence-corrected chi connectivity index (χ4v) is 3.61. The number of hydrogen-bond donors (Lipinski definition) is 0. The number of likely N-dealkylation sites (tertiary alicyclic amines) is 1. The van der Waals surface area contributed by atoms with Gasteiger partial charge in [0, 0.05) is 45.3 Å². The van der Waals surface area contributed by atoms with Gasteiger partial charge in [0.05, 0.1) is 6.54 Å². The van der Waals surface area contributed by atoms with Crippen molar-refractivity contribution in [2.24, 2.45) is 0 Å². The minimum absolute atomic E-state index is 0.0495. The molecule has 1 aromatic rings. The maximum atomic E-state index is 12.4. The Morgan fingerprint density at radius 3 is 2.38 bits per heavy atom. The number of amides is 2. The molecule has 2 saturated heterocycles. The van der Waals surface area contributed by atoms with Crippen molar-refractivity contribution in [2.45, 2.75) is 26.2 Å². The first kappa shape index (κ1) is 18.6. The number of aryl methyl sites for hydroxylation is 1. The maximum Gasteiger partial charge on any atom is 0.246 e. The third kappa shape index (κ3) is 5.18. The summed E-state index contributed by atoms with van der Waals surface area (Å²) in [7, 11) is 0. The van der Waals surface area contributed by atoms with Crippen molar-refractivity contribution in [3.63, 3.8) is 0 Å². The van der Waals surface area contributed by atoms with Gasteiger partial charge in [0.25, 0.3) is 0 Å². The normalized spacial score (nSPS) is 19.1. The van der Waals surface area contributed by atoms with Crippen LogP contribution in [0.3, 0.4) is 0 Å². The third-order valence-electron chi connectivity index (χ3n) is 5.21. The molecule has 0 saturated carbocycles. The Hall–Kier alpha value is -2.14. The van der Waals surface area contributed by atoms with Crippen LogP contribution in [0.4, 0.5) is 0 Å². The highest BCUT2D eigenvalue weighted by Crippen LogP contribution is 2.11. The van der Waals surface area contributed by atoms with Crippen LogP contribution in [0, 0.1) is 6.92 Å². The summed E-state index contributed by atoms with van der Waals surface area (Å²) in [6.45, 7) is 7.24. The van der Waals surface area contributed by atoms with Crippen LogP contribution in [0.2, 0.25) is 0 Å². The van der Waals surface area contributed by atoms with Gasteiger partial charge in [-0.15, -0.1) is 0 Å². The molecular weight excluding hydrogens is 326 g/mol. The van der Waals surface area contributed by atoms with Gasteiger partial charge in [-0.3, -0.25) is 14.5 Å². The van der Waals surface area contributed by atoms with E-state index in [1.54, 1.807) is 6.08 Å². The zero-order valence-corrected chi connectivity index (χ0v) is 15.7. The van der Waals surface area contributed by atoms with Crippen molar-refractivity contribution in [3.8, 4) is 0 Å². The average molecular weight is 355 g/mol. The highest BCUT2D eigenvalue weighted by molar-refractivity contribution is 5.91. The van der Waals surface area contributed by atoms with E-state index in [1.807, 2.05) is 41.0 Å². The summed E-state index contributed by atoms with van der Waals surface area (Å²) in [5.74, 6) is 0.289. The third-order valence-corrected chi connectivity index (χ3v) is 5.21. The first-order valence-corrected chi connectivity index (χ1v) is 9.65. The second-order valence-electron chi connectivity index (χ2n) is 7.29. The van der Waals surface area contributed by atoms with Crippen LogP contribution in [0.5, 0.6) is 0 Å². The topological polar surface area (TPSA) is 43.9 Å². The summed E-state index contributed by atoms with van der Waals surface area (Å²) in [6, 6.07) is 8.11. The zero-order chi connectivity index (χ0) is 18.4. The molecular formula is C21H29N3O2. The zero-order valence-electron chi connectivity index (χ0n) is 15.7. The molecule has 2 amide bonds. The number of benzene rings is 1. The fourth-order valence-electron chi connectivity index (χ4n) is 3.61. The van der Waals surface area contributed by atoms with Crippen molar-refractivity contribution >= 4 is 17.9 Å². The molecule has 0 bridgehead atoms. The Bertz CT molecular complexity index is 657. The molecule has 2 fully saturated rings. The van der Waals surface area contributed by atoms with Crippen molar-refractivity contribution < 1.29 is 9.59 Å². The van der Waals surface area contributed by atoms with E-state index in [4.69, 9.17) is 0 Å². The molecule has 2 aliphatic heterocycles. The summed E-state index contributed by atoms with van der Waals surface area (Å²) in [5.41, 5.74) is 2.23. The molecule has 0 spiro atoms. The fraction of sp³-hybridized carbons (Fsp3) is 0.524. The van der Waals surface area contributed by atoms with Crippen LogP contribution >= 0.6 is 0 Å². The highest BCUT2D eigenvalue weighted by Gasteiger charge is 2.23. The summed E-state index contributed by atoms with van der Waals surface area (Å²) in [4.78, 5) is 30.8. The van der Waals surface area contributed by atoms with Crippen LogP contribution in [0.25, 0.3) is 6.08 Å². The first-order chi connectivity index (χ1) is 12.6. The number of piperazine rings is 1. The van der Waals surface area contributed by atoms with Crippen LogP contribution in [0.1, 0.15) is 30.4 Å². The van der Waals surface area contributed by atoms with Gasteiger partial charge < -0.3 is 9.80 Å². The quantitative estimate of drug-likeness (QED) is 0.778. The van der Waals surface area contributed by atoms with Crippen LogP contribution in [0.15, 0.2) is 30.3 Å². The molecule has 0 aromatic heterocycles. The number of piperidine rings is 1. The van der Waals surface area contributed by atoms with E-state index in [2.05, 4.69) is 11.0 Å². The van der Waals surface area contributed by atoms with E-state index >= 15 is 0 Å². The maximum absolute atomic E-state index is 12.4. The lowest BCUT2D eigenvalue weighted by atomic mass is 10.1. The lowest BCUT2D eigenvalue weighted by molar-refractivity contribution is -0.134. The van der Waals surface area contributed by atoms with Crippen molar-refractivity contribution in [1.29, 1.82) is 0 Å². The lowest BCUT2D eigenvalue weighted by Gasteiger charge is -2.35. The first-order valence-electron chi connectivity index (χ1n) is 9.65. The number of nitrogens with zero attached hydrogens (tertiary/aromatic N) is 3. The number of hydrogen-bond acceptors (Lipinski definition) is 3. The Labute approximate surface area is 156 Å². The summed E-state index contributed by atoms with van der Waals surface area (Å²) in [6.07, 6.45) is 7.02. The van der Waals surface area contributed by atoms with Gasteiger partial charge in [0.2, 0.25) is 11.8 Å². The number of carbonyl (C=O) groups is 2. The molecule has 0 aliphatic carbocycles. The van der Waals surface area contributed by atoms with Crippen LogP contribution in [-0.2, 0) is 9.59 Å². The standard InChI is InChI=1S/C21H29N3O2/c1-18-6-5-7-19(16-18)8-9-20(25)24-14-12-22(13-15-24)17-21(26)23-10-3-2-4-11-23/h5-9,16H,2-4,10-15,17H2,1H3/b9-8+. The second-order valence-corrected chi connectivity index (χ2v) is 7.29. The molecule has 3 rings (SSSR count). The lowest BCUT2D eigenvalue weighted by Crippen LogP contribution is -2.51. The minimum atomic E-state index is 0.0495. The smallest absolute Gasteiger partial charge is 0.246 e. The number of rotatable bonds is 4. The van der Waals surface area contributed by atoms with E-state index in [-0.39, 0.29) is 11.8 Å². The largest absolute Gasteiger partial charge is 0.342 e. The molecule has 5 nitrogen and oxygen atoms in total. The molecule has 0 atom stereocenters. The van der Waals surface area contributed by atoms with Gasteiger partial charge in [0.1, 0.15) is 0 Å². The Morgan fingerprint density at radius 2 is 1.69 bits per heavy atom. The van der Waals surface area contributed by atoms with E-state index in [0.717, 1.165) is 44.6 Å². The van der Waals surface area contributed by atoms with Crippen molar-refractivity contribution in [3.05, 3.63) is 41.5 Å². The van der Waals surface area contributed by atoms with Gasteiger partial charge in [-0.25, -0.2) is 0 Å². The Morgan fingerprint density at radius 1 is 0.962 bits per heavy atom. The molecule has 1 aromatic carbocycles. The van der Waals surface area contributed by atoms with E-state index < -0.39 is 0 Å². The SMILES string of the molecule is Cc1cccc(/C=C/C(=O)N2CCN(CC(=O)N3CCCCC3)CC2)c1. The van der Waals surface area contributed by atoms with E-state index in [1.165, 1.54) is 12.0 Å². The molecule has 2 heterocycles. The van der Waals surface area contributed by atoms with Crippen molar-refractivity contribution in [2.75, 3.05) is 45.8 Å². The molecule has 2 aliphatic rings. The van der Waals surface area contributed by atoms with Gasteiger partial charge >= 0.3 is 0 Å². The molecule has 0 radical (unpaired) electrons.